The average molecular weight is 163 g/mol. The summed E-state index contributed by atoms with van der Waals surface area (Å²) < 4.78 is 0. The summed E-state index contributed by atoms with van der Waals surface area (Å²) in [5, 5.41) is -0.335. The third kappa shape index (κ3) is 1.41. The SMILES string of the molecule is CN(C)C1CN(C(=O)Cl)C1. The first kappa shape index (κ1) is 7.82. The summed E-state index contributed by atoms with van der Waals surface area (Å²) in [4.78, 5) is 14.2. The molecule has 0 aliphatic carbocycles. The van der Waals surface area contributed by atoms with Crippen molar-refractivity contribution < 1.29 is 4.79 Å². The molecule has 0 saturated carbocycles. The van der Waals surface area contributed by atoms with Crippen LogP contribution < -0.4 is 0 Å². The van der Waals surface area contributed by atoms with Crippen molar-refractivity contribution in [3.8, 4) is 0 Å². The lowest BCUT2D eigenvalue weighted by molar-refractivity contribution is 0.0996. The Morgan fingerprint density at radius 3 is 2.40 bits per heavy atom. The van der Waals surface area contributed by atoms with Gasteiger partial charge in [0.1, 0.15) is 0 Å². The highest BCUT2D eigenvalue weighted by atomic mass is 35.5. The van der Waals surface area contributed by atoms with Crippen molar-refractivity contribution >= 4 is 17.0 Å². The summed E-state index contributed by atoms with van der Waals surface area (Å²) in [6.07, 6.45) is 0. The summed E-state index contributed by atoms with van der Waals surface area (Å²) in [5.74, 6) is 0. The molecule has 0 N–H and O–H groups in total. The van der Waals surface area contributed by atoms with E-state index in [1.807, 2.05) is 14.1 Å². The van der Waals surface area contributed by atoms with E-state index in [0.29, 0.717) is 6.04 Å². The normalized spacial score (nSPS) is 19.4. The maximum Gasteiger partial charge on any atom is 0.316 e. The lowest BCUT2D eigenvalue weighted by Gasteiger charge is -2.41. The van der Waals surface area contributed by atoms with Crippen LogP contribution in [0.25, 0.3) is 0 Å². The lowest BCUT2D eigenvalue weighted by Crippen LogP contribution is -2.57. The molecule has 0 bridgehead atoms. The van der Waals surface area contributed by atoms with E-state index in [0.717, 1.165) is 13.1 Å². The number of likely N-dealkylation sites (tertiary alicyclic amines) is 1. The topological polar surface area (TPSA) is 23.6 Å². The van der Waals surface area contributed by atoms with Gasteiger partial charge in [-0.05, 0) is 25.7 Å². The van der Waals surface area contributed by atoms with Crippen LogP contribution in [0.3, 0.4) is 0 Å². The number of amides is 1. The molecule has 3 nitrogen and oxygen atoms in total. The van der Waals surface area contributed by atoms with Crippen molar-refractivity contribution in [2.45, 2.75) is 6.04 Å². The molecule has 1 amide bonds. The minimum Gasteiger partial charge on any atom is -0.326 e. The number of hydrogen-bond acceptors (Lipinski definition) is 2. The molecular formula is C6H11ClN2O. The van der Waals surface area contributed by atoms with Gasteiger partial charge < -0.3 is 9.80 Å². The van der Waals surface area contributed by atoms with E-state index >= 15 is 0 Å². The van der Waals surface area contributed by atoms with Gasteiger partial charge in [-0.15, -0.1) is 0 Å². The summed E-state index contributed by atoms with van der Waals surface area (Å²) in [7, 11) is 4.00. The zero-order chi connectivity index (χ0) is 7.72. The number of rotatable bonds is 1. The van der Waals surface area contributed by atoms with Gasteiger partial charge in [-0.25, -0.2) is 0 Å². The number of hydrogen-bond donors (Lipinski definition) is 0. The minimum atomic E-state index is -0.335. The van der Waals surface area contributed by atoms with Gasteiger partial charge in [0, 0.05) is 19.1 Å². The molecule has 0 radical (unpaired) electrons. The predicted octanol–water partition coefficient (Wildman–Crippen LogP) is 0.591. The van der Waals surface area contributed by atoms with Crippen molar-refractivity contribution in [2.75, 3.05) is 27.2 Å². The van der Waals surface area contributed by atoms with Gasteiger partial charge in [-0.2, -0.15) is 0 Å². The van der Waals surface area contributed by atoms with Gasteiger partial charge in [0.25, 0.3) is 0 Å². The molecule has 0 aromatic rings. The van der Waals surface area contributed by atoms with Crippen molar-refractivity contribution in [1.29, 1.82) is 0 Å². The largest absolute Gasteiger partial charge is 0.326 e. The van der Waals surface area contributed by atoms with E-state index < -0.39 is 0 Å². The van der Waals surface area contributed by atoms with E-state index in [-0.39, 0.29) is 5.37 Å². The van der Waals surface area contributed by atoms with Crippen molar-refractivity contribution in [2.24, 2.45) is 0 Å². The minimum absolute atomic E-state index is 0.335. The standard InChI is InChI=1S/C6H11ClN2O/c1-8(2)5-3-9(4-5)6(7)10/h5H,3-4H2,1-2H3. The van der Waals surface area contributed by atoms with Crippen LogP contribution in [0.5, 0.6) is 0 Å². The highest BCUT2D eigenvalue weighted by Gasteiger charge is 2.30. The third-order valence-corrected chi connectivity index (χ3v) is 2.08. The molecule has 0 aromatic heterocycles. The van der Waals surface area contributed by atoms with Crippen LogP contribution in [0.1, 0.15) is 0 Å². The Morgan fingerprint density at radius 2 is 2.10 bits per heavy atom. The number of likely N-dealkylation sites (N-methyl/N-ethyl adjacent to an activating group) is 1. The van der Waals surface area contributed by atoms with Crippen LogP contribution in [0, 0.1) is 0 Å². The number of nitrogens with zero attached hydrogens (tertiary/aromatic N) is 2. The van der Waals surface area contributed by atoms with Gasteiger partial charge in [0.15, 0.2) is 0 Å². The zero-order valence-electron chi connectivity index (χ0n) is 6.17. The van der Waals surface area contributed by atoms with Crippen LogP contribution in [0.15, 0.2) is 0 Å². The van der Waals surface area contributed by atoms with Gasteiger partial charge >= 0.3 is 5.37 Å². The Kier molecular flexibility index (Phi) is 2.16. The van der Waals surface area contributed by atoms with Crippen LogP contribution in [-0.2, 0) is 0 Å². The maximum atomic E-state index is 10.5. The van der Waals surface area contributed by atoms with Crippen LogP contribution in [0.4, 0.5) is 4.79 Å². The molecule has 0 atom stereocenters. The second-order valence-electron chi connectivity index (χ2n) is 2.78. The van der Waals surface area contributed by atoms with E-state index in [1.165, 1.54) is 0 Å². The fourth-order valence-electron chi connectivity index (χ4n) is 0.925. The molecule has 10 heavy (non-hydrogen) atoms. The molecule has 1 heterocycles. The Balaban J connectivity index is 2.24. The Bertz CT molecular complexity index is 143. The van der Waals surface area contributed by atoms with Gasteiger partial charge in [0.2, 0.25) is 0 Å². The number of halogens is 1. The van der Waals surface area contributed by atoms with Crippen LogP contribution >= 0.6 is 11.6 Å². The van der Waals surface area contributed by atoms with E-state index in [2.05, 4.69) is 4.90 Å². The molecule has 1 fully saturated rings. The fraction of sp³-hybridized carbons (Fsp3) is 0.833. The first-order valence-electron chi connectivity index (χ1n) is 3.22. The molecule has 1 rings (SSSR count). The second kappa shape index (κ2) is 2.76. The second-order valence-corrected chi connectivity index (χ2v) is 3.10. The van der Waals surface area contributed by atoms with Crippen molar-refractivity contribution in [3.63, 3.8) is 0 Å². The monoisotopic (exact) mass is 162 g/mol. The van der Waals surface area contributed by atoms with Crippen LogP contribution in [0.2, 0.25) is 0 Å². The predicted molar refractivity (Wildman–Crippen MR) is 40.3 cm³/mol. The number of carbonyl (C=O) groups is 1. The molecule has 0 spiro atoms. The smallest absolute Gasteiger partial charge is 0.316 e. The summed E-state index contributed by atoms with van der Waals surface area (Å²) in [6.45, 7) is 1.55. The third-order valence-electron chi connectivity index (χ3n) is 1.84. The van der Waals surface area contributed by atoms with E-state index in [1.54, 1.807) is 4.90 Å². The molecule has 0 aromatic carbocycles. The summed E-state index contributed by atoms with van der Waals surface area (Å²) >= 11 is 5.22. The maximum absolute atomic E-state index is 10.5. The molecule has 4 heteroatoms. The molecular weight excluding hydrogens is 152 g/mol. The Morgan fingerprint density at radius 1 is 1.60 bits per heavy atom. The first-order valence-corrected chi connectivity index (χ1v) is 3.60. The molecule has 1 aliphatic rings. The average Bonchev–Trinajstić information content (AvgIpc) is 1.56. The quantitative estimate of drug-likeness (QED) is 0.416. The molecule has 1 saturated heterocycles. The fourth-order valence-corrected chi connectivity index (χ4v) is 1.06. The van der Waals surface area contributed by atoms with Crippen LogP contribution in [-0.4, -0.2) is 48.4 Å². The van der Waals surface area contributed by atoms with Gasteiger partial charge in [-0.3, -0.25) is 4.79 Å². The summed E-state index contributed by atoms with van der Waals surface area (Å²) in [5.41, 5.74) is 0. The molecule has 1 aliphatic heterocycles. The lowest BCUT2D eigenvalue weighted by atomic mass is 10.1. The van der Waals surface area contributed by atoms with E-state index in [4.69, 9.17) is 11.6 Å². The van der Waals surface area contributed by atoms with E-state index in [9.17, 15) is 4.79 Å². The highest BCUT2D eigenvalue weighted by Crippen LogP contribution is 2.13. The summed E-state index contributed by atoms with van der Waals surface area (Å²) in [6, 6.07) is 0.502. The zero-order valence-corrected chi connectivity index (χ0v) is 6.93. The number of carbonyl (C=O) groups excluding carboxylic acids is 1. The first-order chi connectivity index (χ1) is 4.61. The van der Waals surface area contributed by atoms with Crippen molar-refractivity contribution in [1.82, 2.24) is 9.80 Å². The van der Waals surface area contributed by atoms with Gasteiger partial charge in [0.05, 0.1) is 0 Å². The highest BCUT2D eigenvalue weighted by molar-refractivity contribution is 6.62. The molecule has 58 valence electrons. The van der Waals surface area contributed by atoms with Crippen molar-refractivity contribution in [3.05, 3.63) is 0 Å². The molecule has 0 unspecified atom stereocenters. The Labute approximate surface area is 65.5 Å². The van der Waals surface area contributed by atoms with Gasteiger partial charge in [-0.1, -0.05) is 0 Å². The Hall–Kier alpha value is -0.280.